The molecule has 0 spiro atoms. The van der Waals surface area contributed by atoms with E-state index in [2.05, 4.69) is 4.74 Å². The molecule has 17 heavy (non-hydrogen) atoms. The number of carbonyl (C=O) groups is 1. The van der Waals surface area contributed by atoms with Crippen molar-refractivity contribution in [2.45, 2.75) is 20.0 Å². The first-order valence-corrected chi connectivity index (χ1v) is 4.90. The van der Waals surface area contributed by atoms with Crippen molar-refractivity contribution in [3.63, 3.8) is 0 Å². The summed E-state index contributed by atoms with van der Waals surface area (Å²) in [6.45, 7) is 2.48. The predicted molar refractivity (Wildman–Crippen MR) is 55.8 cm³/mol. The van der Waals surface area contributed by atoms with Gasteiger partial charge in [-0.2, -0.15) is 8.78 Å². The highest BCUT2D eigenvalue weighted by atomic mass is 19.3. The van der Waals surface area contributed by atoms with Crippen LogP contribution >= 0.6 is 0 Å². The van der Waals surface area contributed by atoms with Crippen molar-refractivity contribution in [3.8, 4) is 11.5 Å². The lowest BCUT2D eigenvalue weighted by molar-refractivity contribution is -0.159. The fraction of sp³-hybridized carbons (Fsp3) is 0.364. The Balaban J connectivity index is 3.05. The zero-order valence-corrected chi connectivity index (χ0v) is 9.37. The lowest BCUT2D eigenvalue weighted by Crippen LogP contribution is -2.19. The minimum Gasteiger partial charge on any atom is -0.493 e. The van der Waals surface area contributed by atoms with Crippen LogP contribution in [0.5, 0.6) is 11.5 Å². The molecule has 0 aromatic heterocycles. The Bertz CT molecular complexity index is 412. The van der Waals surface area contributed by atoms with Gasteiger partial charge in [-0.3, -0.25) is 0 Å². The van der Waals surface area contributed by atoms with Gasteiger partial charge in [-0.15, -0.1) is 0 Å². The van der Waals surface area contributed by atoms with E-state index in [1.54, 1.807) is 6.92 Å². The summed E-state index contributed by atoms with van der Waals surface area (Å²) < 4.78 is 34.6. The van der Waals surface area contributed by atoms with Gasteiger partial charge in [0.15, 0.2) is 0 Å². The smallest absolute Gasteiger partial charge is 0.394 e. The maximum atomic E-state index is 12.6. The number of hydrogen-bond donors (Lipinski definition) is 1. The molecule has 0 bridgehead atoms. The van der Waals surface area contributed by atoms with E-state index in [4.69, 9.17) is 9.84 Å². The second-order valence-corrected chi connectivity index (χ2v) is 3.31. The molecule has 0 atom stereocenters. The van der Waals surface area contributed by atoms with Crippen molar-refractivity contribution in [1.82, 2.24) is 0 Å². The summed E-state index contributed by atoms with van der Waals surface area (Å²) in [5.74, 6) is -1.34. The number of aromatic carboxylic acids is 1. The van der Waals surface area contributed by atoms with Crippen molar-refractivity contribution in [2.24, 2.45) is 0 Å². The molecule has 6 heteroatoms. The third kappa shape index (κ3) is 3.90. The quantitative estimate of drug-likeness (QED) is 0.867. The van der Waals surface area contributed by atoms with Crippen LogP contribution in [0.3, 0.4) is 0 Å². The molecular formula is C11H12F2O4. The molecule has 0 saturated heterocycles. The van der Waals surface area contributed by atoms with Crippen molar-refractivity contribution in [3.05, 3.63) is 23.8 Å². The molecular weight excluding hydrogens is 234 g/mol. The van der Waals surface area contributed by atoms with E-state index >= 15 is 0 Å². The molecule has 94 valence electrons. The van der Waals surface area contributed by atoms with Crippen LogP contribution in [-0.4, -0.2) is 23.8 Å². The van der Waals surface area contributed by atoms with Gasteiger partial charge in [0.1, 0.15) is 17.1 Å². The highest BCUT2D eigenvalue weighted by Crippen LogP contribution is 2.28. The van der Waals surface area contributed by atoms with Gasteiger partial charge in [0.05, 0.1) is 6.61 Å². The molecule has 1 aromatic carbocycles. The van der Waals surface area contributed by atoms with Gasteiger partial charge in [0.2, 0.25) is 0 Å². The molecule has 0 aliphatic heterocycles. The van der Waals surface area contributed by atoms with Crippen LogP contribution in [0.4, 0.5) is 8.78 Å². The number of carboxylic acids is 1. The average Bonchev–Trinajstić information content (AvgIpc) is 2.15. The van der Waals surface area contributed by atoms with Crippen LogP contribution < -0.4 is 9.47 Å². The number of alkyl halides is 2. The van der Waals surface area contributed by atoms with Gasteiger partial charge in [-0.1, -0.05) is 0 Å². The fourth-order valence-electron chi connectivity index (χ4n) is 1.22. The number of ether oxygens (including phenoxy) is 2. The van der Waals surface area contributed by atoms with E-state index in [1.165, 1.54) is 0 Å². The molecule has 0 aliphatic carbocycles. The van der Waals surface area contributed by atoms with Gasteiger partial charge in [-0.25, -0.2) is 4.79 Å². The number of hydrogen-bond acceptors (Lipinski definition) is 3. The molecule has 1 rings (SSSR count). The van der Waals surface area contributed by atoms with Crippen molar-refractivity contribution >= 4 is 5.97 Å². The van der Waals surface area contributed by atoms with E-state index in [9.17, 15) is 13.6 Å². The van der Waals surface area contributed by atoms with Crippen LogP contribution in [0.25, 0.3) is 0 Å². The standard InChI is InChI=1S/C11H12F2O4/c1-3-16-9-6-7(17-11(2,12)13)4-5-8(9)10(14)15/h4-6H,3H2,1-2H3,(H,14,15). The zero-order chi connectivity index (χ0) is 13.1. The van der Waals surface area contributed by atoms with Gasteiger partial charge in [0, 0.05) is 13.0 Å². The molecule has 1 N–H and O–H groups in total. The van der Waals surface area contributed by atoms with Gasteiger partial charge in [0.25, 0.3) is 0 Å². The Kier molecular flexibility index (Phi) is 3.88. The first-order valence-electron chi connectivity index (χ1n) is 4.90. The number of carboxylic acid groups (broad SMARTS) is 1. The van der Waals surface area contributed by atoms with Crippen LogP contribution in [0.2, 0.25) is 0 Å². The average molecular weight is 246 g/mol. The lowest BCUT2D eigenvalue weighted by atomic mass is 10.2. The molecule has 0 heterocycles. The fourth-order valence-corrected chi connectivity index (χ4v) is 1.22. The molecule has 0 unspecified atom stereocenters. The third-order valence-electron chi connectivity index (χ3n) is 1.78. The molecule has 0 amide bonds. The summed E-state index contributed by atoms with van der Waals surface area (Å²) in [6.07, 6.45) is -3.33. The predicted octanol–water partition coefficient (Wildman–Crippen LogP) is 2.78. The largest absolute Gasteiger partial charge is 0.493 e. The molecule has 0 aliphatic rings. The van der Waals surface area contributed by atoms with Crippen LogP contribution in [0.15, 0.2) is 18.2 Å². The number of halogens is 2. The molecule has 4 nitrogen and oxygen atoms in total. The molecule has 1 aromatic rings. The number of benzene rings is 1. The Morgan fingerprint density at radius 2 is 2.12 bits per heavy atom. The maximum absolute atomic E-state index is 12.6. The van der Waals surface area contributed by atoms with Gasteiger partial charge >= 0.3 is 12.1 Å². The monoisotopic (exact) mass is 246 g/mol. The first kappa shape index (κ1) is 13.2. The van der Waals surface area contributed by atoms with E-state index in [0.717, 1.165) is 18.2 Å². The van der Waals surface area contributed by atoms with Crippen molar-refractivity contribution in [2.75, 3.05) is 6.61 Å². The van der Waals surface area contributed by atoms with Crippen LogP contribution in [0, 0.1) is 0 Å². The summed E-state index contributed by atoms with van der Waals surface area (Å²) in [5, 5.41) is 8.85. The van der Waals surface area contributed by atoms with E-state index in [1.807, 2.05) is 0 Å². The lowest BCUT2D eigenvalue weighted by Gasteiger charge is -2.14. The summed E-state index contributed by atoms with van der Waals surface area (Å²) in [7, 11) is 0. The highest BCUT2D eigenvalue weighted by Gasteiger charge is 2.24. The second-order valence-electron chi connectivity index (χ2n) is 3.31. The summed E-state index contributed by atoms with van der Waals surface area (Å²) in [5.41, 5.74) is -0.0985. The minimum absolute atomic E-state index is 0.00162. The topological polar surface area (TPSA) is 55.8 Å². The number of rotatable bonds is 5. The van der Waals surface area contributed by atoms with Gasteiger partial charge in [-0.05, 0) is 19.1 Å². The Morgan fingerprint density at radius 1 is 1.47 bits per heavy atom. The third-order valence-corrected chi connectivity index (χ3v) is 1.78. The first-order chi connectivity index (χ1) is 7.83. The van der Waals surface area contributed by atoms with Crippen LogP contribution in [-0.2, 0) is 0 Å². The van der Waals surface area contributed by atoms with E-state index in [0.29, 0.717) is 6.92 Å². The van der Waals surface area contributed by atoms with E-state index < -0.39 is 12.1 Å². The summed E-state index contributed by atoms with van der Waals surface area (Å²) in [6, 6.07) is 3.45. The second kappa shape index (κ2) is 4.99. The Hall–Kier alpha value is -1.85. The van der Waals surface area contributed by atoms with Gasteiger partial charge < -0.3 is 14.6 Å². The Labute approximate surface area is 96.8 Å². The van der Waals surface area contributed by atoms with Crippen LogP contribution in [0.1, 0.15) is 24.2 Å². The molecule has 0 fully saturated rings. The van der Waals surface area contributed by atoms with Crippen molar-refractivity contribution < 1.29 is 28.2 Å². The Morgan fingerprint density at radius 3 is 2.59 bits per heavy atom. The highest BCUT2D eigenvalue weighted by molar-refractivity contribution is 5.91. The molecule has 0 radical (unpaired) electrons. The molecule has 0 saturated carbocycles. The maximum Gasteiger partial charge on any atom is 0.394 e. The summed E-state index contributed by atoms with van der Waals surface area (Å²) in [4.78, 5) is 10.8. The normalized spacial score (nSPS) is 11.1. The van der Waals surface area contributed by atoms with E-state index in [-0.39, 0.29) is 23.7 Å². The SMILES string of the molecule is CCOc1cc(OC(C)(F)F)ccc1C(=O)O. The minimum atomic E-state index is -3.33. The zero-order valence-electron chi connectivity index (χ0n) is 9.37. The van der Waals surface area contributed by atoms with Crippen molar-refractivity contribution in [1.29, 1.82) is 0 Å². The summed E-state index contributed by atoms with van der Waals surface area (Å²) >= 11 is 0.